The molecule has 0 aliphatic heterocycles. The van der Waals surface area contributed by atoms with Gasteiger partial charge in [0.05, 0.1) is 0 Å². The minimum atomic E-state index is -0.598. The summed E-state index contributed by atoms with van der Waals surface area (Å²) in [5.41, 5.74) is 8.82. The lowest BCUT2D eigenvalue weighted by molar-refractivity contribution is 0.433. The Bertz CT molecular complexity index is 580. The molecule has 3 rings (SSSR count). The summed E-state index contributed by atoms with van der Waals surface area (Å²) in [7, 11) is 0. The van der Waals surface area contributed by atoms with Gasteiger partial charge < -0.3 is 10.8 Å². The molecule has 18 heavy (non-hydrogen) atoms. The van der Waals surface area contributed by atoms with Crippen LogP contribution in [0.25, 0.3) is 11.1 Å². The van der Waals surface area contributed by atoms with Gasteiger partial charge in [-0.15, -0.1) is 0 Å². The van der Waals surface area contributed by atoms with Crippen molar-refractivity contribution in [1.82, 2.24) is 0 Å². The van der Waals surface area contributed by atoms with E-state index in [1.165, 1.54) is 17.7 Å². The van der Waals surface area contributed by atoms with E-state index >= 15 is 0 Å². The molecule has 2 aromatic rings. The number of hydrogen-bond donors (Lipinski definition) is 2. The SMILES string of the molecule is N[C@H]1C[C@@H]1c1ccc(-c2ccc(F)c(O)c2)cc1. The van der Waals surface area contributed by atoms with Gasteiger partial charge in [0.1, 0.15) is 0 Å². The van der Waals surface area contributed by atoms with Crippen LogP contribution in [0.1, 0.15) is 17.9 Å². The Kier molecular flexibility index (Phi) is 2.56. The van der Waals surface area contributed by atoms with Crippen LogP contribution in [0.4, 0.5) is 4.39 Å². The summed E-state index contributed by atoms with van der Waals surface area (Å²) in [6, 6.07) is 12.7. The predicted molar refractivity (Wildman–Crippen MR) is 68.8 cm³/mol. The van der Waals surface area contributed by atoms with Gasteiger partial charge in [-0.1, -0.05) is 30.3 Å². The topological polar surface area (TPSA) is 46.2 Å². The van der Waals surface area contributed by atoms with Crippen LogP contribution in [-0.2, 0) is 0 Å². The van der Waals surface area contributed by atoms with Crippen LogP contribution in [0.2, 0.25) is 0 Å². The molecule has 0 amide bonds. The lowest BCUT2D eigenvalue weighted by Crippen LogP contribution is -2.00. The van der Waals surface area contributed by atoms with E-state index in [1.807, 2.05) is 24.3 Å². The number of aromatic hydroxyl groups is 1. The number of hydrogen-bond acceptors (Lipinski definition) is 2. The fourth-order valence-electron chi connectivity index (χ4n) is 2.21. The Labute approximate surface area is 105 Å². The molecule has 3 N–H and O–H groups in total. The molecule has 3 heteroatoms. The van der Waals surface area contributed by atoms with Crippen molar-refractivity contribution in [2.75, 3.05) is 0 Å². The number of phenols is 1. The van der Waals surface area contributed by atoms with Crippen molar-refractivity contribution >= 4 is 0 Å². The summed E-state index contributed by atoms with van der Waals surface area (Å²) in [5, 5.41) is 9.36. The van der Waals surface area contributed by atoms with Crippen molar-refractivity contribution in [2.45, 2.75) is 18.4 Å². The van der Waals surface area contributed by atoms with E-state index in [9.17, 15) is 9.50 Å². The van der Waals surface area contributed by atoms with Crippen molar-refractivity contribution in [3.8, 4) is 16.9 Å². The van der Waals surface area contributed by atoms with Gasteiger partial charge in [0.2, 0.25) is 0 Å². The van der Waals surface area contributed by atoms with Gasteiger partial charge in [-0.25, -0.2) is 4.39 Å². The van der Waals surface area contributed by atoms with Crippen LogP contribution in [0, 0.1) is 5.82 Å². The second-order valence-corrected chi connectivity index (χ2v) is 4.79. The second kappa shape index (κ2) is 4.10. The van der Waals surface area contributed by atoms with Crippen LogP contribution in [0.5, 0.6) is 5.75 Å². The number of rotatable bonds is 2. The van der Waals surface area contributed by atoms with Gasteiger partial charge in [-0.2, -0.15) is 0 Å². The van der Waals surface area contributed by atoms with E-state index in [4.69, 9.17) is 5.73 Å². The molecule has 0 spiro atoms. The number of nitrogens with two attached hydrogens (primary N) is 1. The third kappa shape index (κ3) is 1.97. The van der Waals surface area contributed by atoms with Gasteiger partial charge in [-0.05, 0) is 35.2 Å². The predicted octanol–water partition coefficient (Wildman–Crippen LogP) is 3.01. The van der Waals surface area contributed by atoms with E-state index < -0.39 is 5.82 Å². The maximum atomic E-state index is 13.0. The minimum absolute atomic E-state index is 0.297. The van der Waals surface area contributed by atoms with Crippen molar-refractivity contribution < 1.29 is 9.50 Å². The first-order valence-corrected chi connectivity index (χ1v) is 5.99. The molecular weight excluding hydrogens is 229 g/mol. The quantitative estimate of drug-likeness (QED) is 0.851. The van der Waals surface area contributed by atoms with Gasteiger partial charge in [0.25, 0.3) is 0 Å². The highest BCUT2D eigenvalue weighted by Gasteiger charge is 2.34. The zero-order valence-corrected chi connectivity index (χ0v) is 9.81. The summed E-state index contributed by atoms with van der Waals surface area (Å²) in [6.45, 7) is 0. The first-order chi connectivity index (χ1) is 8.65. The highest BCUT2D eigenvalue weighted by molar-refractivity contribution is 5.65. The Balaban J connectivity index is 1.89. The number of halogens is 1. The summed E-state index contributed by atoms with van der Waals surface area (Å²) < 4.78 is 13.0. The molecule has 92 valence electrons. The smallest absolute Gasteiger partial charge is 0.164 e. The lowest BCUT2D eigenvalue weighted by atomic mass is 10.0. The Morgan fingerprint density at radius 3 is 2.22 bits per heavy atom. The molecule has 2 nitrogen and oxygen atoms in total. The zero-order chi connectivity index (χ0) is 12.7. The Hall–Kier alpha value is -1.87. The molecule has 0 saturated heterocycles. The summed E-state index contributed by atoms with van der Waals surface area (Å²) in [4.78, 5) is 0. The molecule has 2 aromatic carbocycles. The maximum absolute atomic E-state index is 13.0. The molecule has 0 bridgehead atoms. The van der Waals surface area contributed by atoms with Gasteiger partial charge >= 0.3 is 0 Å². The minimum Gasteiger partial charge on any atom is -0.505 e. The fourth-order valence-corrected chi connectivity index (χ4v) is 2.21. The second-order valence-electron chi connectivity index (χ2n) is 4.79. The Morgan fingerprint density at radius 2 is 1.67 bits per heavy atom. The molecule has 0 unspecified atom stereocenters. The Morgan fingerprint density at radius 1 is 1.06 bits per heavy atom. The third-order valence-electron chi connectivity index (χ3n) is 3.46. The van der Waals surface area contributed by atoms with Gasteiger partial charge in [0, 0.05) is 12.0 Å². The molecule has 2 atom stereocenters. The van der Waals surface area contributed by atoms with E-state index in [-0.39, 0.29) is 5.75 Å². The number of phenolic OH excluding ortho intramolecular Hbond substituents is 1. The van der Waals surface area contributed by atoms with Crippen molar-refractivity contribution in [1.29, 1.82) is 0 Å². The summed E-state index contributed by atoms with van der Waals surface area (Å²) in [5.74, 6) is -0.430. The first-order valence-electron chi connectivity index (χ1n) is 5.99. The standard InChI is InChI=1S/C15H14FNO/c16-13-6-5-11(7-15(13)18)9-1-3-10(4-2-9)12-8-14(12)17/h1-7,12,14,18H,8,17H2/t12-,14+/m1/s1. The van der Waals surface area contributed by atoms with Crippen LogP contribution in [0.15, 0.2) is 42.5 Å². The highest BCUT2D eigenvalue weighted by Crippen LogP contribution is 2.39. The monoisotopic (exact) mass is 243 g/mol. The fraction of sp³-hybridized carbons (Fsp3) is 0.200. The molecule has 0 heterocycles. The van der Waals surface area contributed by atoms with Crippen LogP contribution in [-0.4, -0.2) is 11.1 Å². The molecule has 0 radical (unpaired) electrons. The van der Waals surface area contributed by atoms with Gasteiger partial charge in [-0.3, -0.25) is 0 Å². The van der Waals surface area contributed by atoms with E-state index in [1.54, 1.807) is 6.07 Å². The van der Waals surface area contributed by atoms with E-state index in [0.717, 1.165) is 17.5 Å². The van der Waals surface area contributed by atoms with Crippen molar-refractivity contribution in [3.63, 3.8) is 0 Å². The molecule has 1 saturated carbocycles. The van der Waals surface area contributed by atoms with Crippen LogP contribution in [0.3, 0.4) is 0 Å². The molecular formula is C15H14FNO. The lowest BCUT2D eigenvalue weighted by Gasteiger charge is -2.05. The van der Waals surface area contributed by atoms with Gasteiger partial charge in [0.15, 0.2) is 11.6 Å². The van der Waals surface area contributed by atoms with Crippen LogP contribution < -0.4 is 5.73 Å². The first kappa shape index (κ1) is 11.2. The van der Waals surface area contributed by atoms with Crippen LogP contribution >= 0.6 is 0 Å². The van der Waals surface area contributed by atoms with Crippen molar-refractivity contribution in [2.24, 2.45) is 5.73 Å². The van der Waals surface area contributed by atoms with Crippen molar-refractivity contribution in [3.05, 3.63) is 53.8 Å². The number of benzene rings is 2. The normalized spacial score (nSPS) is 21.9. The summed E-state index contributed by atoms with van der Waals surface area (Å²) >= 11 is 0. The van der Waals surface area contributed by atoms with E-state index in [2.05, 4.69) is 0 Å². The van der Waals surface area contributed by atoms with E-state index in [0.29, 0.717) is 12.0 Å². The molecule has 1 aliphatic carbocycles. The third-order valence-corrected chi connectivity index (χ3v) is 3.46. The maximum Gasteiger partial charge on any atom is 0.164 e. The largest absolute Gasteiger partial charge is 0.505 e. The molecule has 0 aromatic heterocycles. The highest BCUT2D eigenvalue weighted by atomic mass is 19.1. The average molecular weight is 243 g/mol. The molecule has 1 fully saturated rings. The zero-order valence-electron chi connectivity index (χ0n) is 9.81. The average Bonchev–Trinajstić information content (AvgIpc) is 3.10. The molecule has 1 aliphatic rings. The summed E-state index contributed by atoms with van der Waals surface area (Å²) in [6.07, 6.45) is 1.05.